The molecule has 170 valence electrons. The summed E-state index contributed by atoms with van der Waals surface area (Å²) in [6.45, 7) is 5.36. The number of carbonyl (C=O) groups is 1. The van der Waals surface area contributed by atoms with Gasteiger partial charge in [0.25, 0.3) is 0 Å². The van der Waals surface area contributed by atoms with E-state index in [4.69, 9.17) is 11.6 Å². The van der Waals surface area contributed by atoms with Gasteiger partial charge in [-0.15, -0.1) is 5.10 Å². The van der Waals surface area contributed by atoms with E-state index in [-0.39, 0.29) is 11.7 Å². The van der Waals surface area contributed by atoms with Crippen molar-refractivity contribution in [2.75, 3.05) is 42.9 Å². The molecular formula is C23H22ClFN6OS. The van der Waals surface area contributed by atoms with Crippen molar-refractivity contribution in [1.29, 1.82) is 0 Å². The van der Waals surface area contributed by atoms with Gasteiger partial charge < -0.3 is 10.2 Å². The van der Waals surface area contributed by atoms with Gasteiger partial charge in [0.1, 0.15) is 5.82 Å². The number of hydrogen-bond donors (Lipinski definition) is 1. The minimum Gasteiger partial charge on any atom is -0.344 e. The van der Waals surface area contributed by atoms with Gasteiger partial charge in [-0.05, 0) is 48.9 Å². The molecule has 4 aromatic rings. The molecule has 1 saturated heterocycles. The number of piperazine rings is 1. The predicted molar refractivity (Wildman–Crippen MR) is 130 cm³/mol. The Bertz CT molecular complexity index is 1260. The molecule has 33 heavy (non-hydrogen) atoms. The number of halogens is 2. The van der Waals surface area contributed by atoms with Gasteiger partial charge in [-0.25, -0.2) is 13.9 Å². The molecule has 10 heteroatoms. The average molecular weight is 485 g/mol. The van der Waals surface area contributed by atoms with Crippen molar-refractivity contribution in [2.24, 2.45) is 0 Å². The molecule has 1 fully saturated rings. The summed E-state index contributed by atoms with van der Waals surface area (Å²) in [6, 6.07) is 11.9. The van der Waals surface area contributed by atoms with E-state index in [9.17, 15) is 9.18 Å². The standard InChI is InChI=1S/C23H22ClFN6OS/c1-15-2-7-19(18(24)12-15)26-21(32)14-29-8-10-30(11-9-29)23-28-31-13-20(27-22(31)33-23)16-3-5-17(25)6-4-16/h2-7,12-13H,8-11,14H2,1H3,(H,26,32). The lowest BCUT2D eigenvalue weighted by atomic mass is 10.2. The Morgan fingerprint density at radius 3 is 2.61 bits per heavy atom. The zero-order chi connectivity index (χ0) is 22.9. The number of aromatic nitrogens is 3. The number of hydrogen-bond acceptors (Lipinski definition) is 6. The summed E-state index contributed by atoms with van der Waals surface area (Å²) in [7, 11) is 0. The van der Waals surface area contributed by atoms with Gasteiger partial charge in [0, 0.05) is 31.7 Å². The predicted octanol–water partition coefficient (Wildman–Crippen LogP) is 4.32. The quantitative estimate of drug-likeness (QED) is 0.457. The molecule has 0 radical (unpaired) electrons. The SMILES string of the molecule is Cc1ccc(NC(=O)CN2CCN(c3nn4cc(-c5ccc(F)cc5)nc4s3)CC2)c(Cl)c1. The first-order valence-corrected chi connectivity index (χ1v) is 11.8. The van der Waals surface area contributed by atoms with Crippen LogP contribution >= 0.6 is 22.9 Å². The van der Waals surface area contributed by atoms with Crippen molar-refractivity contribution in [3.05, 3.63) is 65.1 Å². The summed E-state index contributed by atoms with van der Waals surface area (Å²) < 4.78 is 14.9. The number of rotatable bonds is 5. The van der Waals surface area contributed by atoms with Crippen molar-refractivity contribution >= 4 is 44.6 Å². The lowest BCUT2D eigenvalue weighted by molar-refractivity contribution is -0.117. The number of fused-ring (bicyclic) bond motifs is 1. The van der Waals surface area contributed by atoms with E-state index in [1.165, 1.54) is 23.5 Å². The highest BCUT2D eigenvalue weighted by Crippen LogP contribution is 2.27. The lowest BCUT2D eigenvalue weighted by Gasteiger charge is -2.33. The van der Waals surface area contributed by atoms with E-state index < -0.39 is 0 Å². The monoisotopic (exact) mass is 484 g/mol. The van der Waals surface area contributed by atoms with Crippen LogP contribution in [0.4, 0.5) is 15.2 Å². The topological polar surface area (TPSA) is 65.8 Å². The molecule has 0 aliphatic carbocycles. The third-order valence-corrected chi connectivity index (χ3v) is 6.88. The Kier molecular flexibility index (Phi) is 6.01. The minimum absolute atomic E-state index is 0.0738. The normalized spacial score (nSPS) is 14.7. The van der Waals surface area contributed by atoms with Gasteiger partial charge in [0.2, 0.25) is 16.0 Å². The maximum Gasteiger partial charge on any atom is 0.238 e. The van der Waals surface area contributed by atoms with Gasteiger partial charge in [-0.1, -0.05) is 29.0 Å². The molecule has 1 aliphatic heterocycles. The van der Waals surface area contributed by atoms with E-state index >= 15 is 0 Å². The Hall–Kier alpha value is -3.01. The molecule has 7 nitrogen and oxygen atoms in total. The van der Waals surface area contributed by atoms with Gasteiger partial charge in [-0.2, -0.15) is 0 Å². The van der Waals surface area contributed by atoms with Crippen LogP contribution in [0.5, 0.6) is 0 Å². The number of nitrogens with one attached hydrogen (secondary N) is 1. The van der Waals surface area contributed by atoms with E-state index in [0.29, 0.717) is 17.3 Å². The molecule has 1 amide bonds. The maximum absolute atomic E-state index is 13.2. The molecule has 0 spiro atoms. The number of imidazole rings is 1. The zero-order valence-corrected chi connectivity index (χ0v) is 19.5. The van der Waals surface area contributed by atoms with Crippen LogP contribution in [0.25, 0.3) is 16.2 Å². The van der Waals surface area contributed by atoms with Crippen LogP contribution in [-0.2, 0) is 4.79 Å². The molecule has 1 aliphatic rings. The molecule has 0 bridgehead atoms. The second-order valence-electron chi connectivity index (χ2n) is 8.04. The number of benzene rings is 2. The summed E-state index contributed by atoms with van der Waals surface area (Å²) in [5.41, 5.74) is 3.31. The fourth-order valence-corrected chi connectivity index (χ4v) is 5.01. The van der Waals surface area contributed by atoms with Crippen LogP contribution in [0.15, 0.2) is 48.7 Å². The van der Waals surface area contributed by atoms with Crippen LogP contribution in [0.3, 0.4) is 0 Å². The third kappa shape index (κ3) is 4.85. The maximum atomic E-state index is 13.2. The number of anilines is 2. The molecular weight excluding hydrogens is 463 g/mol. The Balaban J connectivity index is 1.17. The summed E-state index contributed by atoms with van der Waals surface area (Å²) in [5, 5.41) is 9.01. The van der Waals surface area contributed by atoms with Gasteiger partial charge in [-0.3, -0.25) is 9.69 Å². The lowest BCUT2D eigenvalue weighted by Crippen LogP contribution is -2.48. The van der Waals surface area contributed by atoms with Gasteiger partial charge in [0.15, 0.2) is 0 Å². The highest BCUT2D eigenvalue weighted by molar-refractivity contribution is 7.20. The van der Waals surface area contributed by atoms with Gasteiger partial charge in [0.05, 0.1) is 29.1 Å². The molecule has 2 aromatic heterocycles. The Morgan fingerprint density at radius 2 is 1.91 bits per heavy atom. The first-order valence-electron chi connectivity index (χ1n) is 10.6. The molecule has 0 atom stereocenters. The van der Waals surface area contributed by atoms with Crippen LogP contribution in [0, 0.1) is 12.7 Å². The van der Waals surface area contributed by atoms with Crippen molar-refractivity contribution < 1.29 is 9.18 Å². The summed E-state index contributed by atoms with van der Waals surface area (Å²) >= 11 is 7.74. The fourth-order valence-electron chi connectivity index (χ4n) is 3.79. The van der Waals surface area contributed by atoms with Gasteiger partial charge >= 0.3 is 0 Å². The fraction of sp³-hybridized carbons (Fsp3) is 0.261. The summed E-state index contributed by atoms with van der Waals surface area (Å²) in [6.07, 6.45) is 1.86. The van der Waals surface area contributed by atoms with Crippen molar-refractivity contribution in [2.45, 2.75) is 6.92 Å². The minimum atomic E-state index is -0.268. The molecule has 3 heterocycles. The Morgan fingerprint density at radius 1 is 1.15 bits per heavy atom. The third-order valence-electron chi connectivity index (χ3n) is 5.58. The average Bonchev–Trinajstić information content (AvgIpc) is 3.36. The Labute approximate surface area is 199 Å². The van der Waals surface area contributed by atoms with E-state index in [0.717, 1.165) is 53.1 Å². The van der Waals surface area contributed by atoms with Crippen LogP contribution in [0.2, 0.25) is 5.02 Å². The highest BCUT2D eigenvalue weighted by atomic mass is 35.5. The number of nitrogens with zero attached hydrogens (tertiary/aromatic N) is 5. The van der Waals surface area contributed by atoms with Crippen molar-refractivity contribution in [3.63, 3.8) is 0 Å². The van der Waals surface area contributed by atoms with E-state index in [1.807, 2.05) is 31.3 Å². The highest BCUT2D eigenvalue weighted by Gasteiger charge is 2.22. The number of aryl methyl sites for hydroxylation is 1. The van der Waals surface area contributed by atoms with Crippen molar-refractivity contribution in [1.82, 2.24) is 19.5 Å². The van der Waals surface area contributed by atoms with Crippen molar-refractivity contribution in [3.8, 4) is 11.3 Å². The van der Waals surface area contributed by atoms with E-state index in [1.54, 1.807) is 16.6 Å². The molecule has 1 N–H and O–H groups in total. The summed E-state index contributed by atoms with van der Waals surface area (Å²) in [5.74, 6) is -0.342. The second-order valence-corrected chi connectivity index (χ2v) is 9.38. The smallest absolute Gasteiger partial charge is 0.238 e. The largest absolute Gasteiger partial charge is 0.344 e. The number of carbonyl (C=O) groups excluding carboxylic acids is 1. The molecule has 5 rings (SSSR count). The molecule has 2 aromatic carbocycles. The van der Waals surface area contributed by atoms with Crippen LogP contribution < -0.4 is 10.2 Å². The second kappa shape index (κ2) is 9.09. The van der Waals surface area contributed by atoms with Crippen LogP contribution in [0.1, 0.15) is 5.56 Å². The first-order chi connectivity index (χ1) is 15.9. The number of amides is 1. The van der Waals surface area contributed by atoms with E-state index in [2.05, 4.69) is 25.2 Å². The molecule has 0 saturated carbocycles. The summed E-state index contributed by atoms with van der Waals surface area (Å²) in [4.78, 5) is 22.2. The van der Waals surface area contributed by atoms with Crippen LogP contribution in [-0.4, -0.2) is 58.1 Å². The zero-order valence-electron chi connectivity index (χ0n) is 18.0. The first kappa shape index (κ1) is 21.8. The molecule has 0 unspecified atom stereocenters.